The van der Waals surface area contributed by atoms with E-state index in [2.05, 4.69) is 0 Å². The molecule has 0 radical (unpaired) electrons. The number of rotatable bonds is 4. The monoisotopic (exact) mass is 278 g/mol. The van der Waals surface area contributed by atoms with Crippen molar-refractivity contribution in [2.24, 2.45) is 0 Å². The van der Waals surface area contributed by atoms with E-state index in [1.54, 1.807) is 0 Å². The molecular formula is C15H15ClOS. The van der Waals surface area contributed by atoms with E-state index in [-0.39, 0.29) is 0 Å². The predicted molar refractivity (Wildman–Crippen MR) is 78.2 cm³/mol. The van der Waals surface area contributed by atoms with Gasteiger partial charge in [0.05, 0.1) is 0 Å². The number of hydrogen-bond acceptors (Lipinski definition) is 1. The lowest BCUT2D eigenvalue weighted by atomic mass is 10.2. The lowest BCUT2D eigenvalue weighted by Crippen LogP contribution is -1.99. The van der Waals surface area contributed by atoms with Crippen molar-refractivity contribution in [1.82, 2.24) is 0 Å². The SMILES string of the molecule is Cc1ccc(C[S@@](=O)Cc2cccc(Cl)c2)cc1. The summed E-state index contributed by atoms with van der Waals surface area (Å²) in [5.74, 6) is 1.14. The molecule has 0 aliphatic rings. The molecule has 94 valence electrons. The number of benzene rings is 2. The first-order chi connectivity index (χ1) is 8.63. The second-order valence-electron chi connectivity index (χ2n) is 4.34. The Morgan fingerprint density at radius 2 is 1.67 bits per heavy atom. The molecule has 0 saturated carbocycles. The Labute approximate surface area is 115 Å². The van der Waals surface area contributed by atoms with Crippen LogP contribution in [-0.4, -0.2) is 4.21 Å². The van der Waals surface area contributed by atoms with Gasteiger partial charge < -0.3 is 0 Å². The first kappa shape index (κ1) is 13.3. The van der Waals surface area contributed by atoms with Crippen LogP contribution < -0.4 is 0 Å². The highest BCUT2D eigenvalue weighted by Crippen LogP contribution is 2.14. The van der Waals surface area contributed by atoms with Gasteiger partial charge in [0.25, 0.3) is 0 Å². The summed E-state index contributed by atoms with van der Waals surface area (Å²) in [5.41, 5.74) is 3.35. The van der Waals surface area contributed by atoms with Gasteiger partial charge in [0.15, 0.2) is 0 Å². The zero-order chi connectivity index (χ0) is 13.0. The minimum Gasteiger partial charge on any atom is -0.259 e. The van der Waals surface area contributed by atoms with Gasteiger partial charge >= 0.3 is 0 Å². The maximum Gasteiger partial charge on any atom is 0.0489 e. The van der Waals surface area contributed by atoms with E-state index in [1.165, 1.54) is 5.56 Å². The van der Waals surface area contributed by atoms with Crippen LogP contribution >= 0.6 is 11.6 Å². The van der Waals surface area contributed by atoms with Crippen LogP contribution in [0.1, 0.15) is 16.7 Å². The van der Waals surface area contributed by atoms with Crippen molar-refractivity contribution in [1.29, 1.82) is 0 Å². The van der Waals surface area contributed by atoms with Crippen LogP contribution in [0.25, 0.3) is 0 Å². The second kappa shape index (κ2) is 6.17. The van der Waals surface area contributed by atoms with E-state index in [4.69, 9.17) is 11.6 Å². The molecule has 0 aliphatic carbocycles. The Balaban J connectivity index is 1.98. The summed E-state index contributed by atoms with van der Waals surface area (Å²) in [7, 11) is -0.896. The Kier molecular flexibility index (Phi) is 4.56. The molecule has 2 aromatic rings. The average molecular weight is 279 g/mol. The van der Waals surface area contributed by atoms with Crippen molar-refractivity contribution in [3.8, 4) is 0 Å². The minimum absolute atomic E-state index is 0.550. The highest BCUT2D eigenvalue weighted by molar-refractivity contribution is 7.83. The fourth-order valence-corrected chi connectivity index (χ4v) is 3.16. The van der Waals surface area contributed by atoms with Crippen molar-refractivity contribution >= 4 is 22.4 Å². The van der Waals surface area contributed by atoms with Crippen molar-refractivity contribution in [2.75, 3.05) is 0 Å². The first-order valence-corrected chi connectivity index (χ1v) is 7.65. The molecule has 0 amide bonds. The van der Waals surface area contributed by atoms with Gasteiger partial charge in [-0.15, -0.1) is 0 Å². The molecule has 0 spiro atoms. The van der Waals surface area contributed by atoms with Gasteiger partial charge in [-0.3, -0.25) is 4.21 Å². The molecule has 0 bridgehead atoms. The Hall–Kier alpha value is -1.12. The zero-order valence-electron chi connectivity index (χ0n) is 10.2. The van der Waals surface area contributed by atoms with Gasteiger partial charge in [0.2, 0.25) is 0 Å². The third kappa shape index (κ3) is 3.97. The summed E-state index contributed by atoms with van der Waals surface area (Å²) >= 11 is 5.91. The van der Waals surface area contributed by atoms with Gasteiger partial charge in [-0.25, -0.2) is 0 Å². The number of aryl methyl sites for hydroxylation is 1. The van der Waals surface area contributed by atoms with E-state index in [1.807, 2.05) is 55.5 Å². The zero-order valence-corrected chi connectivity index (χ0v) is 11.8. The standard InChI is InChI=1S/C15H15ClOS/c1-12-5-7-13(8-6-12)10-18(17)11-14-3-2-4-15(16)9-14/h2-9H,10-11H2,1H3/t18-/m1/s1. The largest absolute Gasteiger partial charge is 0.259 e. The van der Waals surface area contributed by atoms with Crippen molar-refractivity contribution < 1.29 is 4.21 Å². The molecule has 2 aromatic carbocycles. The molecule has 0 aliphatic heterocycles. The van der Waals surface area contributed by atoms with E-state index in [0.29, 0.717) is 16.5 Å². The molecule has 3 heteroatoms. The first-order valence-electron chi connectivity index (χ1n) is 5.78. The molecule has 0 saturated heterocycles. The third-order valence-corrected chi connectivity index (χ3v) is 4.21. The highest BCUT2D eigenvalue weighted by atomic mass is 35.5. The molecule has 1 nitrogen and oxygen atoms in total. The normalized spacial score (nSPS) is 12.3. The Morgan fingerprint density at radius 1 is 1.00 bits per heavy atom. The molecule has 0 fully saturated rings. The highest BCUT2D eigenvalue weighted by Gasteiger charge is 2.04. The quantitative estimate of drug-likeness (QED) is 0.823. The van der Waals surface area contributed by atoms with Crippen LogP contribution in [0.2, 0.25) is 5.02 Å². The van der Waals surface area contributed by atoms with Crippen LogP contribution in [0.5, 0.6) is 0 Å². The van der Waals surface area contributed by atoms with Crippen LogP contribution in [0.15, 0.2) is 48.5 Å². The summed E-state index contributed by atoms with van der Waals surface area (Å²) < 4.78 is 12.0. The molecule has 18 heavy (non-hydrogen) atoms. The van der Waals surface area contributed by atoms with Crippen molar-refractivity contribution in [3.63, 3.8) is 0 Å². The van der Waals surface area contributed by atoms with Crippen molar-refractivity contribution in [3.05, 3.63) is 70.2 Å². The van der Waals surface area contributed by atoms with E-state index in [0.717, 1.165) is 11.1 Å². The van der Waals surface area contributed by atoms with Crippen LogP contribution in [-0.2, 0) is 22.3 Å². The molecule has 0 unspecified atom stereocenters. The smallest absolute Gasteiger partial charge is 0.0489 e. The molecule has 0 aromatic heterocycles. The van der Waals surface area contributed by atoms with Gasteiger partial charge in [-0.2, -0.15) is 0 Å². The molecule has 2 rings (SSSR count). The average Bonchev–Trinajstić information content (AvgIpc) is 2.32. The fourth-order valence-electron chi connectivity index (χ4n) is 1.73. The second-order valence-corrected chi connectivity index (χ2v) is 6.24. The minimum atomic E-state index is -0.896. The predicted octanol–water partition coefficient (Wildman–Crippen LogP) is 4.10. The molecule has 0 N–H and O–H groups in total. The van der Waals surface area contributed by atoms with Gasteiger partial charge in [0.1, 0.15) is 0 Å². The van der Waals surface area contributed by atoms with Gasteiger partial charge in [0, 0.05) is 27.3 Å². The van der Waals surface area contributed by atoms with Crippen LogP contribution in [0.3, 0.4) is 0 Å². The lowest BCUT2D eigenvalue weighted by molar-refractivity contribution is 0.682. The summed E-state index contributed by atoms with van der Waals surface area (Å²) in [4.78, 5) is 0. The van der Waals surface area contributed by atoms with Crippen LogP contribution in [0.4, 0.5) is 0 Å². The number of halogens is 1. The van der Waals surface area contributed by atoms with Gasteiger partial charge in [-0.05, 0) is 30.2 Å². The summed E-state index contributed by atoms with van der Waals surface area (Å²) in [5, 5.41) is 0.694. The maximum absolute atomic E-state index is 12.0. The molecule has 1 atom stereocenters. The van der Waals surface area contributed by atoms with Crippen molar-refractivity contribution in [2.45, 2.75) is 18.4 Å². The maximum atomic E-state index is 12.0. The summed E-state index contributed by atoms with van der Waals surface area (Å²) in [6.45, 7) is 2.05. The third-order valence-electron chi connectivity index (χ3n) is 2.66. The Morgan fingerprint density at radius 3 is 2.33 bits per heavy atom. The summed E-state index contributed by atoms with van der Waals surface area (Å²) in [6.07, 6.45) is 0. The topological polar surface area (TPSA) is 17.1 Å². The van der Waals surface area contributed by atoms with Gasteiger partial charge in [-0.1, -0.05) is 53.6 Å². The summed E-state index contributed by atoms with van der Waals surface area (Å²) in [6, 6.07) is 15.7. The molecular weight excluding hydrogens is 264 g/mol. The fraction of sp³-hybridized carbons (Fsp3) is 0.200. The number of hydrogen-bond donors (Lipinski definition) is 0. The van der Waals surface area contributed by atoms with E-state index in [9.17, 15) is 4.21 Å². The molecule has 0 heterocycles. The van der Waals surface area contributed by atoms with E-state index < -0.39 is 10.8 Å². The van der Waals surface area contributed by atoms with E-state index >= 15 is 0 Å². The Bertz CT molecular complexity index is 549. The lowest BCUT2D eigenvalue weighted by Gasteiger charge is -2.04. The van der Waals surface area contributed by atoms with Crippen LogP contribution in [0, 0.1) is 6.92 Å².